The lowest BCUT2D eigenvalue weighted by atomic mass is 9.97. The highest BCUT2D eigenvalue weighted by molar-refractivity contribution is 5.78. The van der Waals surface area contributed by atoms with Crippen molar-refractivity contribution in [3.8, 4) is 0 Å². The molecule has 88 valence electrons. The normalized spacial score (nSPS) is 12.6. The second kappa shape index (κ2) is 7.46. The number of hydrogen-bond donors (Lipinski definition) is 1. The van der Waals surface area contributed by atoms with Crippen LogP contribution < -0.4 is 5.32 Å². The Morgan fingerprint density at radius 1 is 1.40 bits per heavy atom. The highest BCUT2D eigenvalue weighted by Gasteiger charge is 2.15. The predicted molar refractivity (Wildman–Crippen MR) is 62.6 cm³/mol. The molecule has 0 aliphatic carbocycles. The molecule has 1 N–H and O–H groups in total. The van der Waals surface area contributed by atoms with Gasteiger partial charge in [0.05, 0.1) is 13.2 Å². The minimum absolute atomic E-state index is 0.0612. The lowest BCUT2D eigenvalue weighted by molar-refractivity contribution is -0.125. The van der Waals surface area contributed by atoms with Crippen LogP contribution in [-0.2, 0) is 9.53 Å². The summed E-state index contributed by atoms with van der Waals surface area (Å²) in [5.74, 6) is 0.538. The van der Waals surface area contributed by atoms with Gasteiger partial charge >= 0.3 is 0 Å². The zero-order valence-electron chi connectivity index (χ0n) is 10.3. The quantitative estimate of drug-likeness (QED) is 0.519. The van der Waals surface area contributed by atoms with E-state index < -0.39 is 0 Å². The topological polar surface area (TPSA) is 38.3 Å². The molecule has 0 fully saturated rings. The maximum Gasteiger partial charge on any atom is 0.223 e. The van der Waals surface area contributed by atoms with E-state index in [2.05, 4.69) is 11.9 Å². The lowest BCUT2D eigenvalue weighted by Gasteiger charge is -2.15. The fourth-order valence-corrected chi connectivity index (χ4v) is 0.957. The molecule has 0 saturated carbocycles. The summed E-state index contributed by atoms with van der Waals surface area (Å²) < 4.78 is 5.27. The molecule has 1 unspecified atom stereocenters. The van der Waals surface area contributed by atoms with Crippen LogP contribution in [0.15, 0.2) is 12.2 Å². The van der Waals surface area contributed by atoms with Gasteiger partial charge in [0, 0.05) is 12.5 Å². The summed E-state index contributed by atoms with van der Waals surface area (Å²) >= 11 is 0. The zero-order valence-corrected chi connectivity index (χ0v) is 10.3. The van der Waals surface area contributed by atoms with Gasteiger partial charge in [0.2, 0.25) is 5.91 Å². The van der Waals surface area contributed by atoms with Gasteiger partial charge in [-0.15, -0.1) is 0 Å². The number of nitrogens with one attached hydrogen (secondary N) is 1. The standard InChI is InChI=1S/C12H23NO2/c1-9(2)8-15-7-6-13-12(14)11(5)10(3)4/h10-11H,1,6-8H2,2-5H3,(H,13,14). The third-order valence-corrected chi connectivity index (χ3v) is 2.31. The Kier molecular flexibility index (Phi) is 7.05. The molecule has 0 aromatic rings. The van der Waals surface area contributed by atoms with Gasteiger partial charge in [0.15, 0.2) is 0 Å². The van der Waals surface area contributed by atoms with Crippen LogP contribution in [0.1, 0.15) is 27.7 Å². The Hall–Kier alpha value is -0.830. The van der Waals surface area contributed by atoms with E-state index >= 15 is 0 Å². The van der Waals surface area contributed by atoms with Gasteiger partial charge < -0.3 is 10.1 Å². The molecular formula is C12H23NO2. The number of rotatable bonds is 7. The second-order valence-corrected chi connectivity index (χ2v) is 4.33. The second-order valence-electron chi connectivity index (χ2n) is 4.33. The SMILES string of the molecule is C=C(C)COCCNC(=O)C(C)C(C)C. The molecule has 1 amide bonds. The molecule has 3 nitrogen and oxygen atoms in total. The van der Waals surface area contributed by atoms with Crippen molar-refractivity contribution < 1.29 is 9.53 Å². The van der Waals surface area contributed by atoms with E-state index in [1.165, 1.54) is 0 Å². The van der Waals surface area contributed by atoms with Crippen LogP contribution in [0.3, 0.4) is 0 Å². The molecule has 0 aliphatic rings. The summed E-state index contributed by atoms with van der Waals surface area (Å²) in [6.45, 7) is 13.4. The molecule has 0 radical (unpaired) electrons. The van der Waals surface area contributed by atoms with Gasteiger partial charge in [-0.3, -0.25) is 4.79 Å². The van der Waals surface area contributed by atoms with E-state index in [9.17, 15) is 4.79 Å². The number of carbonyl (C=O) groups excluding carboxylic acids is 1. The molecular weight excluding hydrogens is 190 g/mol. The van der Waals surface area contributed by atoms with Crippen LogP contribution in [0.25, 0.3) is 0 Å². The van der Waals surface area contributed by atoms with Crippen molar-refractivity contribution >= 4 is 5.91 Å². The first-order valence-electron chi connectivity index (χ1n) is 5.45. The van der Waals surface area contributed by atoms with E-state index in [4.69, 9.17) is 4.74 Å². The smallest absolute Gasteiger partial charge is 0.223 e. The maximum atomic E-state index is 11.5. The highest BCUT2D eigenvalue weighted by atomic mass is 16.5. The van der Waals surface area contributed by atoms with Crippen LogP contribution in [-0.4, -0.2) is 25.7 Å². The van der Waals surface area contributed by atoms with Crippen LogP contribution in [0.2, 0.25) is 0 Å². The highest BCUT2D eigenvalue weighted by Crippen LogP contribution is 2.08. The van der Waals surface area contributed by atoms with Crippen molar-refractivity contribution in [1.82, 2.24) is 5.32 Å². The Morgan fingerprint density at radius 3 is 2.47 bits per heavy atom. The molecule has 15 heavy (non-hydrogen) atoms. The third kappa shape index (κ3) is 7.14. The first-order valence-corrected chi connectivity index (χ1v) is 5.45. The van der Waals surface area contributed by atoms with E-state index in [1.54, 1.807) is 0 Å². The van der Waals surface area contributed by atoms with Gasteiger partial charge in [0.1, 0.15) is 0 Å². The summed E-state index contributed by atoms with van der Waals surface area (Å²) in [4.78, 5) is 11.5. The van der Waals surface area contributed by atoms with E-state index in [1.807, 2.05) is 27.7 Å². The molecule has 0 aliphatic heterocycles. The third-order valence-electron chi connectivity index (χ3n) is 2.31. The Bertz CT molecular complexity index is 212. The van der Waals surface area contributed by atoms with Crippen molar-refractivity contribution in [1.29, 1.82) is 0 Å². The van der Waals surface area contributed by atoms with Crippen molar-refractivity contribution in [3.63, 3.8) is 0 Å². The van der Waals surface area contributed by atoms with E-state index in [0.717, 1.165) is 5.57 Å². The fraction of sp³-hybridized carbons (Fsp3) is 0.750. The first kappa shape index (κ1) is 14.2. The largest absolute Gasteiger partial charge is 0.375 e. The minimum atomic E-state index is 0.0612. The number of amides is 1. The van der Waals surface area contributed by atoms with Crippen LogP contribution in [0.4, 0.5) is 0 Å². The molecule has 3 heteroatoms. The van der Waals surface area contributed by atoms with Crippen LogP contribution in [0, 0.1) is 11.8 Å². The summed E-state index contributed by atoms with van der Waals surface area (Å²) in [7, 11) is 0. The summed E-state index contributed by atoms with van der Waals surface area (Å²) in [5, 5.41) is 2.84. The molecule has 1 atom stereocenters. The molecule has 0 aromatic heterocycles. The van der Waals surface area contributed by atoms with Gasteiger partial charge in [-0.1, -0.05) is 32.9 Å². The van der Waals surface area contributed by atoms with Gasteiger partial charge in [-0.25, -0.2) is 0 Å². The summed E-state index contributed by atoms with van der Waals surface area (Å²) in [6.07, 6.45) is 0. The van der Waals surface area contributed by atoms with Crippen molar-refractivity contribution in [3.05, 3.63) is 12.2 Å². The summed E-state index contributed by atoms with van der Waals surface area (Å²) in [5.41, 5.74) is 0.997. The number of ether oxygens (including phenoxy) is 1. The Labute approximate surface area is 92.9 Å². The molecule has 0 bridgehead atoms. The predicted octanol–water partition coefficient (Wildman–Crippen LogP) is 1.99. The minimum Gasteiger partial charge on any atom is -0.375 e. The van der Waals surface area contributed by atoms with Gasteiger partial charge in [-0.2, -0.15) is 0 Å². The van der Waals surface area contributed by atoms with Crippen molar-refractivity contribution in [2.24, 2.45) is 11.8 Å². The van der Waals surface area contributed by atoms with Crippen LogP contribution >= 0.6 is 0 Å². The van der Waals surface area contributed by atoms with Crippen molar-refractivity contribution in [2.75, 3.05) is 19.8 Å². The Morgan fingerprint density at radius 2 is 2.00 bits per heavy atom. The first-order chi connectivity index (χ1) is 6.95. The average Bonchev–Trinajstić information content (AvgIpc) is 2.15. The lowest BCUT2D eigenvalue weighted by Crippen LogP contribution is -2.34. The van der Waals surface area contributed by atoms with E-state index in [0.29, 0.717) is 25.7 Å². The van der Waals surface area contributed by atoms with Gasteiger partial charge in [-0.05, 0) is 12.8 Å². The summed E-state index contributed by atoms with van der Waals surface area (Å²) in [6, 6.07) is 0. The number of hydrogen-bond acceptors (Lipinski definition) is 2. The Balaban J connectivity index is 3.51. The molecule has 0 spiro atoms. The number of carbonyl (C=O) groups is 1. The average molecular weight is 213 g/mol. The molecule has 0 heterocycles. The molecule has 0 saturated heterocycles. The molecule has 0 rings (SSSR count). The van der Waals surface area contributed by atoms with E-state index in [-0.39, 0.29) is 11.8 Å². The maximum absolute atomic E-state index is 11.5. The fourth-order valence-electron chi connectivity index (χ4n) is 0.957. The molecule has 0 aromatic carbocycles. The van der Waals surface area contributed by atoms with Gasteiger partial charge in [0.25, 0.3) is 0 Å². The van der Waals surface area contributed by atoms with Crippen molar-refractivity contribution in [2.45, 2.75) is 27.7 Å². The monoisotopic (exact) mass is 213 g/mol. The zero-order chi connectivity index (χ0) is 11.8. The van der Waals surface area contributed by atoms with Crippen LogP contribution in [0.5, 0.6) is 0 Å².